The summed E-state index contributed by atoms with van der Waals surface area (Å²) in [5.74, 6) is 0. The van der Waals surface area contributed by atoms with Gasteiger partial charge in [-0.15, -0.1) is 0 Å². The molecule has 0 unspecified atom stereocenters. The molecule has 3 nitrogen and oxygen atoms in total. The minimum Gasteiger partial charge on any atom is -0.364 e. The van der Waals surface area contributed by atoms with Crippen LogP contribution in [0.4, 0.5) is 5.69 Å². The van der Waals surface area contributed by atoms with Crippen LogP contribution in [-0.2, 0) is 6.42 Å². The van der Waals surface area contributed by atoms with Gasteiger partial charge in [-0.2, -0.15) is 0 Å². The molecule has 0 radical (unpaired) electrons. The molecule has 1 aromatic rings. The van der Waals surface area contributed by atoms with E-state index >= 15 is 0 Å². The standard InChI is InChI=1S/C17H27N3/c1-14(2)19-11-8-17(13-18,9-12-19)20-10-7-15-5-3-4-6-16(15)20/h3-6,14H,7-13,18H2,1-2H3. The van der Waals surface area contributed by atoms with Gasteiger partial charge in [0.2, 0.25) is 0 Å². The van der Waals surface area contributed by atoms with Crippen LogP contribution in [0.5, 0.6) is 0 Å². The van der Waals surface area contributed by atoms with E-state index in [1.165, 1.54) is 43.6 Å². The van der Waals surface area contributed by atoms with Gasteiger partial charge in [0.1, 0.15) is 0 Å². The van der Waals surface area contributed by atoms with Gasteiger partial charge in [-0.05, 0) is 44.7 Å². The van der Waals surface area contributed by atoms with Gasteiger partial charge < -0.3 is 15.5 Å². The van der Waals surface area contributed by atoms with E-state index in [0.29, 0.717) is 6.04 Å². The molecule has 2 heterocycles. The fraction of sp³-hybridized carbons (Fsp3) is 0.647. The number of fused-ring (bicyclic) bond motifs is 1. The quantitative estimate of drug-likeness (QED) is 0.917. The molecular formula is C17H27N3. The summed E-state index contributed by atoms with van der Waals surface area (Å²) in [7, 11) is 0. The van der Waals surface area contributed by atoms with Gasteiger partial charge in [0.05, 0.1) is 5.54 Å². The highest BCUT2D eigenvalue weighted by Crippen LogP contribution is 2.38. The molecular weight excluding hydrogens is 246 g/mol. The van der Waals surface area contributed by atoms with Crippen LogP contribution in [0.25, 0.3) is 0 Å². The predicted octanol–water partition coefficient (Wildman–Crippen LogP) is 2.25. The number of nitrogens with zero attached hydrogens (tertiary/aromatic N) is 2. The normalized spacial score (nSPS) is 22.3. The van der Waals surface area contributed by atoms with Crippen molar-refractivity contribution in [2.45, 2.75) is 44.7 Å². The van der Waals surface area contributed by atoms with Crippen LogP contribution in [0.3, 0.4) is 0 Å². The molecule has 0 saturated carbocycles. The Hall–Kier alpha value is -1.06. The van der Waals surface area contributed by atoms with Crippen LogP contribution in [0.2, 0.25) is 0 Å². The Kier molecular flexibility index (Phi) is 3.74. The van der Waals surface area contributed by atoms with Crippen molar-refractivity contribution in [2.75, 3.05) is 31.1 Å². The summed E-state index contributed by atoms with van der Waals surface area (Å²) in [6.45, 7) is 8.84. The summed E-state index contributed by atoms with van der Waals surface area (Å²) in [5.41, 5.74) is 9.33. The highest BCUT2D eigenvalue weighted by atomic mass is 15.3. The first-order valence-electron chi connectivity index (χ1n) is 7.96. The molecule has 1 fully saturated rings. The van der Waals surface area contributed by atoms with Crippen LogP contribution < -0.4 is 10.6 Å². The van der Waals surface area contributed by atoms with Crippen LogP contribution in [0.15, 0.2) is 24.3 Å². The number of para-hydroxylation sites is 1. The van der Waals surface area contributed by atoms with Gasteiger partial charge in [0.25, 0.3) is 0 Å². The van der Waals surface area contributed by atoms with Gasteiger partial charge in [-0.1, -0.05) is 18.2 Å². The minimum atomic E-state index is 0.179. The third-order valence-corrected chi connectivity index (χ3v) is 5.30. The summed E-state index contributed by atoms with van der Waals surface area (Å²) in [6, 6.07) is 9.50. The van der Waals surface area contributed by atoms with E-state index in [2.05, 4.69) is 47.9 Å². The highest BCUT2D eigenvalue weighted by molar-refractivity contribution is 5.60. The van der Waals surface area contributed by atoms with Crippen molar-refractivity contribution >= 4 is 5.69 Å². The lowest BCUT2D eigenvalue weighted by molar-refractivity contribution is 0.130. The largest absolute Gasteiger partial charge is 0.364 e. The zero-order valence-electron chi connectivity index (χ0n) is 12.8. The van der Waals surface area contributed by atoms with Gasteiger partial charge in [0.15, 0.2) is 0 Å². The molecule has 1 aromatic carbocycles. The molecule has 3 rings (SSSR count). The van der Waals surface area contributed by atoms with Gasteiger partial charge in [0, 0.05) is 37.9 Å². The molecule has 1 saturated heterocycles. The van der Waals surface area contributed by atoms with E-state index in [1.54, 1.807) is 0 Å². The number of hydrogen-bond acceptors (Lipinski definition) is 3. The third kappa shape index (κ3) is 2.23. The highest BCUT2D eigenvalue weighted by Gasteiger charge is 2.41. The average Bonchev–Trinajstić information content (AvgIpc) is 2.91. The first-order valence-corrected chi connectivity index (χ1v) is 7.96. The molecule has 0 amide bonds. The van der Waals surface area contributed by atoms with E-state index in [1.807, 2.05) is 0 Å². The average molecular weight is 273 g/mol. The fourth-order valence-electron chi connectivity index (χ4n) is 3.87. The number of hydrogen-bond donors (Lipinski definition) is 1. The molecule has 20 heavy (non-hydrogen) atoms. The Morgan fingerprint density at radius 1 is 1.15 bits per heavy atom. The van der Waals surface area contributed by atoms with Crippen molar-refractivity contribution in [3.8, 4) is 0 Å². The second kappa shape index (κ2) is 5.38. The molecule has 2 N–H and O–H groups in total. The second-order valence-electron chi connectivity index (χ2n) is 6.59. The Morgan fingerprint density at radius 3 is 2.50 bits per heavy atom. The molecule has 0 aliphatic carbocycles. The number of piperidine rings is 1. The van der Waals surface area contributed by atoms with Crippen molar-refractivity contribution in [2.24, 2.45) is 5.73 Å². The van der Waals surface area contributed by atoms with Gasteiger partial charge >= 0.3 is 0 Å². The molecule has 0 spiro atoms. The summed E-state index contributed by atoms with van der Waals surface area (Å²) in [5, 5.41) is 0. The fourth-order valence-corrected chi connectivity index (χ4v) is 3.87. The number of anilines is 1. The maximum Gasteiger partial charge on any atom is 0.0548 e. The van der Waals surface area contributed by atoms with Crippen molar-refractivity contribution in [1.82, 2.24) is 4.90 Å². The maximum absolute atomic E-state index is 6.24. The second-order valence-corrected chi connectivity index (χ2v) is 6.59. The van der Waals surface area contributed by atoms with E-state index in [-0.39, 0.29) is 5.54 Å². The Labute approximate surface area is 122 Å². The van der Waals surface area contributed by atoms with E-state index in [9.17, 15) is 0 Å². The number of rotatable bonds is 3. The summed E-state index contributed by atoms with van der Waals surface area (Å²) in [4.78, 5) is 5.19. The first-order chi connectivity index (χ1) is 9.66. The van der Waals surface area contributed by atoms with Crippen molar-refractivity contribution < 1.29 is 0 Å². The Balaban J connectivity index is 1.82. The zero-order valence-corrected chi connectivity index (χ0v) is 12.8. The van der Waals surface area contributed by atoms with Crippen LogP contribution in [-0.4, -0.2) is 42.7 Å². The first kappa shape index (κ1) is 13.9. The molecule has 2 aliphatic heterocycles. The van der Waals surface area contributed by atoms with E-state index in [0.717, 1.165) is 13.1 Å². The molecule has 110 valence electrons. The van der Waals surface area contributed by atoms with Crippen molar-refractivity contribution in [3.63, 3.8) is 0 Å². The number of benzene rings is 1. The van der Waals surface area contributed by atoms with Crippen molar-refractivity contribution in [1.29, 1.82) is 0 Å². The molecule has 0 aromatic heterocycles. The van der Waals surface area contributed by atoms with Crippen LogP contribution >= 0.6 is 0 Å². The Bertz CT molecular complexity index is 461. The predicted molar refractivity (Wildman–Crippen MR) is 85.2 cm³/mol. The van der Waals surface area contributed by atoms with E-state index < -0.39 is 0 Å². The molecule has 0 bridgehead atoms. The smallest absolute Gasteiger partial charge is 0.0548 e. The summed E-state index contributed by atoms with van der Waals surface area (Å²) < 4.78 is 0. The Morgan fingerprint density at radius 2 is 1.85 bits per heavy atom. The zero-order chi connectivity index (χ0) is 14.2. The maximum atomic E-state index is 6.24. The molecule has 2 aliphatic rings. The van der Waals surface area contributed by atoms with Crippen LogP contribution in [0, 0.1) is 0 Å². The minimum absolute atomic E-state index is 0.179. The number of likely N-dealkylation sites (tertiary alicyclic amines) is 1. The lowest BCUT2D eigenvalue weighted by Gasteiger charge is -2.49. The van der Waals surface area contributed by atoms with E-state index in [4.69, 9.17) is 5.73 Å². The molecule has 0 atom stereocenters. The third-order valence-electron chi connectivity index (χ3n) is 5.30. The van der Waals surface area contributed by atoms with Gasteiger partial charge in [-0.25, -0.2) is 0 Å². The number of nitrogens with two attached hydrogens (primary N) is 1. The lowest BCUT2D eigenvalue weighted by Crippen LogP contribution is -2.60. The summed E-state index contributed by atoms with van der Waals surface area (Å²) in [6.07, 6.45) is 3.55. The lowest BCUT2D eigenvalue weighted by atomic mass is 9.85. The van der Waals surface area contributed by atoms with Gasteiger partial charge in [-0.3, -0.25) is 0 Å². The SMILES string of the molecule is CC(C)N1CCC(CN)(N2CCc3ccccc32)CC1. The monoisotopic (exact) mass is 273 g/mol. The molecule has 3 heteroatoms. The van der Waals surface area contributed by atoms with Crippen molar-refractivity contribution in [3.05, 3.63) is 29.8 Å². The van der Waals surface area contributed by atoms with Crippen LogP contribution in [0.1, 0.15) is 32.3 Å². The summed E-state index contributed by atoms with van der Waals surface area (Å²) >= 11 is 0. The topological polar surface area (TPSA) is 32.5 Å².